The molecule has 0 aliphatic carbocycles. The van der Waals surface area contributed by atoms with Gasteiger partial charge in [0.1, 0.15) is 6.29 Å². The van der Waals surface area contributed by atoms with E-state index in [2.05, 4.69) is 0 Å². The van der Waals surface area contributed by atoms with E-state index >= 15 is 0 Å². The SMILES string of the molecule is CCC(N)(C=O)C(C)C. The van der Waals surface area contributed by atoms with Crippen molar-refractivity contribution < 1.29 is 4.79 Å². The summed E-state index contributed by atoms with van der Waals surface area (Å²) in [5.74, 6) is 0.236. The molecule has 0 aromatic rings. The summed E-state index contributed by atoms with van der Waals surface area (Å²) in [5, 5.41) is 0. The van der Waals surface area contributed by atoms with Crippen LogP contribution in [0.3, 0.4) is 0 Å². The minimum Gasteiger partial charge on any atom is -0.319 e. The summed E-state index contributed by atoms with van der Waals surface area (Å²) < 4.78 is 0. The number of carbonyl (C=O) groups excluding carboxylic acids is 1. The van der Waals surface area contributed by atoms with Crippen molar-refractivity contribution in [3.8, 4) is 0 Å². The predicted molar refractivity (Wildman–Crippen MR) is 38.1 cm³/mol. The van der Waals surface area contributed by atoms with E-state index < -0.39 is 5.54 Å². The first-order valence-electron chi connectivity index (χ1n) is 3.32. The Morgan fingerprint density at radius 2 is 2.11 bits per heavy atom. The van der Waals surface area contributed by atoms with Gasteiger partial charge in [-0.1, -0.05) is 20.8 Å². The number of hydrogen-bond donors (Lipinski definition) is 1. The summed E-state index contributed by atoms with van der Waals surface area (Å²) >= 11 is 0. The minimum atomic E-state index is -0.597. The summed E-state index contributed by atoms with van der Waals surface area (Å²) in [6, 6.07) is 0. The van der Waals surface area contributed by atoms with Crippen LogP contribution in [0.15, 0.2) is 0 Å². The van der Waals surface area contributed by atoms with Crippen LogP contribution in [0.4, 0.5) is 0 Å². The molecule has 0 amide bonds. The van der Waals surface area contributed by atoms with Gasteiger partial charge >= 0.3 is 0 Å². The summed E-state index contributed by atoms with van der Waals surface area (Å²) in [6.45, 7) is 5.84. The monoisotopic (exact) mass is 129 g/mol. The van der Waals surface area contributed by atoms with Crippen LogP contribution in [0.5, 0.6) is 0 Å². The van der Waals surface area contributed by atoms with E-state index in [-0.39, 0.29) is 5.92 Å². The van der Waals surface area contributed by atoms with Crippen molar-refractivity contribution in [2.75, 3.05) is 0 Å². The molecular formula is C7H15NO. The Morgan fingerprint density at radius 3 is 2.11 bits per heavy atom. The maximum Gasteiger partial charge on any atom is 0.140 e. The van der Waals surface area contributed by atoms with E-state index in [4.69, 9.17) is 5.73 Å². The number of carbonyl (C=O) groups is 1. The van der Waals surface area contributed by atoms with E-state index in [1.54, 1.807) is 0 Å². The second-order valence-corrected chi connectivity index (χ2v) is 2.74. The highest BCUT2D eigenvalue weighted by Gasteiger charge is 2.25. The number of nitrogens with two attached hydrogens (primary N) is 1. The molecule has 0 bridgehead atoms. The molecule has 9 heavy (non-hydrogen) atoms. The van der Waals surface area contributed by atoms with Crippen molar-refractivity contribution in [2.45, 2.75) is 32.7 Å². The molecule has 0 rings (SSSR count). The largest absolute Gasteiger partial charge is 0.319 e. The third-order valence-electron chi connectivity index (χ3n) is 1.91. The first-order valence-corrected chi connectivity index (χ1v) is 3.32. The molecule has 0 radical (unpaired) electrons. The molecule has 0 aromatic carbocycles. The maximum atomic E-state index is 10.4. The molecule has 0 aliphatic rings. The lowest BCUT2D eigenvalue weighted by Crippen LogP contribution is -2.45. The van der Waals surface area contributed by atoms with Gasteiger partial charge in [-0.25, -0.2) is 0 Å². The zero-order valence-electron chi connectivity index (χ0n) is 6.35. The zero-order chi connectivity index (χ0) is 7.49. The molecule has 0 fully saturated rings. The lowest BCUT2D eigenvalue weighted by molar-refractivity contribution is -0.113. The van der Waals surface area contributed by atoms with Crippen LogP contribution < -0.4 is 5.73 Å². The van der Waals surface area contributed by atoms with Crippen molar-refractivity contribution in [1.29, 1.82) is 0 Å². The minimum absolute atomic E-state index is 0.236. The lowest BCUT2D eigenvalue weighted by Gasteiger charge is -2.25. The fraction of sp³-hybridized carbons (Fsp3) is 0.857. The smallest absolute Gasteiger partial charge is 0.140 e. The van der Waals surface area contributed by atoms with Gasteiger partial charge in [0.05, 0.1) is 5.54 Å². The standard InChI is InChI=1S/C7H15NO/c1-4-7(8,5-9)6(2)3/h5-6H,4,8H2,1-3H3. The highest BCUT2D eigenvalue weighted by atomic mass is 16.1. The van der Waals surface area contributed by atoms with E-state index in [0.717, 1.165) is 6.29 Å². The van der Waals surface area contributed by atoms with Crippen molar-refractivity contribution >= 4 is 6.29 Å². The molecule has 54 valence electrons. The molecular weight excluding hydrogens is 114 g/mol. The predicted octanol–water partition coefficient (Wildman–Crippen LogP) is 0.949. The average Bonchev–Trinajstić information content (AvgIpc) is 1.86. The zero-order valence-corrected chi connectivity index (χ0v) is 6.35. The molecule has 2 heteroatoms. The quantitative estimate of drug-likeness (QED) is 0.576. The fourth-order valence-corrected chi connectivity index (χ4v) is 0.628. The van der Waals surface area contributed by atoms with Crippen LogP contribution in [0.2, 0.25) is 0 Å². The van der Waals surface area contributed by atoms with Gasteiger partial charge in [0.25, 0.3) is 0 Å². The van der Waals surface area contributed by atoms with Gasteiger partial charge in [-0.2, -0.15) is 0 Å². The summed E-state index contributed by atoms with van der Waals surface area (Å²) in [6.07, 6.45) is 1.56. The second kappa shape index (κ2) is 2.97. The molecule has 2 N–H and O–H groups in total. The van der Waals surface area contributed by atoms with Crippen LogP contribution in [0, 0.1) is 5.92 Å². The van der Waals surface area contributed by atoms with Gasteiger partial charge in [-0.15, -0.1) is 0 Å². The number of rotatable bonds is 3. The fourth-order valence-electron chi connectivity index (χ4n) is 0.628. The third kappa shape index (κ3) is 1.79. The molecule has 0 heterocycles. The van der Waals surface area contributed by atoms with Gasteiger partial charge < -0.3 is 10.5 Å². The van der Waals surface area contributed by atoms with Gasteiger partial charge in [0.2, 0.25) is 0 Å². The Balaban J connectivity index is 4.08. The molecule has 2 nitrogen and oxygen atoms in total. The van der Waals surface area contributed by atoms with E-state index in [9.17, 15) is 4.79 Å². The molecule has 1 atom stereocenters. The molecule has 0 aromatic heterocycles. The van der Waals surface area contributed by atoms with Crippen LogP contribution in [0.25, 0.3) is 0 Å². The van der Waals surface area contributed by atoms with E-state index in [1.165, 1.54) is 0 Å². The van der Waals surface area contributed by atoms with Crippen molar-refractivity contribution in [1.82, 2.24) is 0 Å². The summed E-state index contributed by atoms with van der Waals surface area (Å²) in [5.41, 5.74) is 5.07. The van der Waals surface area contributed by atoms with Crippen LogP contribution in [0.1, 0.15) is 27.2 Å². The van der Waals surface area contributed by atoms with Gasteiger partial charge in [0, 0.05) is 0 Å². The Bertz CT molecular complexity index is 101. The van der Waals surface area contributed by atoms with Crippen molar-refractivity contribution in [3.05, 3.63) is 0 Å². The molecule has 0 saturated heterocycles. The number of aldehydes is 1. The molecule has 0 spiro atoms. The normalized spacial score (nSPS) is 17.4. The maximum absolute atomic E-state index is 10.4. The summed E-state index contributed by atoms with van der Waals surface area (Å²) in [7, 11) is 0. The molecule has 0 aliphatic heterocycles. The van der Waals surface area contributed by atoms with Crippen molar-refractivity contribution in [2.24, 2.45) is 11.7 Å². The Morgan fingerprint density at radius 1 is 1.67 bits per heavy atom. The van der Waals surface area contributed by atoms with E-state index in [0.29, 0.717) is 6.42 Å². The van der Waals surface area contributed by atoms with Gasteiger partial charge in [-0.05, 0) is 12.3 Å². The van der Waals surface area contributed by atoms with E-state index in [1.807, 2.05) is 20.8 Å². The van der Waals surface area contributed by atoms with Crippen LogP contribution in [-0.2, 0) is 4.79 Å². The van der Waals surface area contributed by atoms with Gasteiger partial charge in [-0.3, -0.25) is 0 Å². The summed E-state index contributed by atoms with van der Waals surface area (Å²) in [4.78, 5) is 10.4. The van der Waals surface area contributed by atoms with Gasteiger partial charge in [0.15, 0.2) is 0 Å². The third-order valence-corrected chi connectivity index (χ3v) is 1.91. The van der Waals surface area contributed by atoms with Crippen LogP contribution in [-0.4, -0.2) is 11.8 Å². The molecule has 1 unspecified atom stereocenters. The highest BCUT2D eigenvalue weighted by molar-refractivity contribution is 5.64. The Kier molecular flexibility index (Phi) is 2.85. The highest BCUT2D eigenvalue weighted by Crippen LogP contribution is 2.14. The average molecular weight is 129 g/mol. The molecule has 0 saturated carbocycles. The Labute approximate surface area is 56.4 Å². The van der Waals surface area contributed by atoms with Crippen molar-refractivity contribution in [3.63, 3.8) is 0 Å². The topological polar surface area (TPSA) is 43.1 Å². The Hall–Kier alpha value is -0.370. The van der Waals surface area contributed by atoms with Crippen LogP contribution >= 0.6 is 0 Å². The first-order chi connectivity index (χ1) is 4.06. The second-order valence-electron chi connectivity index (χ2n) is 2.74. The lowest BCUT2D eigenvalue weighted by atomic mass is 9.87. The first kappa shape index (κ1) is 8.63. The number of hydrogen-bond acceptors (Lipinski definition) is 2.